The van der Waals surface area contributed by atoms with Crippen molar-refractivity contribution in [2.75, 3.05) is 20.2 Å². The molecule has 2 aromatic heterocycles. The van der Waals surface area contributed by atoms with Gasteiger partial charge in [0, 0.05) is 19.5 Å². The van der Waals surface area contributed by atoms with E-state index in [1.807, 2.05) is 29.8 Å². The number of aromatic nitrogens is 4. The topological polar surface area (TPSA) is 136 Å². The van der Waals surface area contributed by atoms with E-state index < -0.39 is 12.1 Å². The molecule has 9 rings (SSSR count). The van der Waals surface area contributed by atoms with E-state index in [4.69, 9.17) is 14.7 Å². The van der Waals surface area contributed by atoms with Crippen molar-refractivity contribution >= 4 is 28.9 Å². The summed E-state index contributed by atoms with van der Waals surface area (Å²) in [6.45, 7) is 9.47. The fourth-order valence-electron chi connectivity index (χ4n) is 10.8. The largest absolute Gasteiger partial charge is 0.453 e. The fourth-order valence-corrected chi connectivity index (χ4v) is 10.8. The van der Waals surface area contributed by atoms with Crippen molar-refractivity contribution in [2.45, 2.75) is 116 Å². The van der Waals surface area contributed by atoms with E-state index in [1.165, 1.54) is 66.2 Å². The number of aromatic amines is 2. The van der Waals surface area contributed by atoms with Crippen LogP contribution < -0.4 is 5.32 Å². The number of carbonyl (C=O) groups is 3. The maximum Gasteiger partial charge on any atom is 0.407 e. The second-order valence-corrected chi connectivity index (χ2v) is 18.7. The van der Waals surface area contributed by atoms with E-state index in [0.29, 0.717) is 24.3 Å². The van der Waals surface area contributed by atoms with Gasteiger partial charge in [0.1, 0.15) is 17.7 Å². The molecule has 4 aliphatic rings. The standard InChI is InChI=1S/C49H59N7O4/c1-29(2)24-43(57)55-22-8-11-42(55)46-51-38-19-16-33(25-39(38)52-46)35-18-17-34(36-26-49(27-37(35)36)20-6-7-21-49)31-12-14-32(15-13-31)40-28-50-45(53-40)41-10-9-23-56(41)47(58)44(30(3)4)54-48(59)60-5/h12-19,25,28-30,41-42,44H,6-11,20-24,26-27H2,1-5H3,(H,50,53)(H,51,52)(H,54,59). The van der Waals surface area contributed by atoms with Crippen molar-refractivity contribution < 1.29 is 19.1 Å². The van der Waals surface area contributed by atoms with Gasteiger partial charge >= 0.3 is 6.09 Å². The first-order valence-corrected chi connectivity index (χ1v) is 22.3. The molecule has 5 aromatic rings. The first-order chi connectivity index (χ1) is 29.0. The van der Waals surface area contributed by atoms with E-state index in [0.717, 1.165) is 79.0 Å². The normalized spacial score (nSPS) is 20.2. The number of hydrogen-bond donors (Lipinski definition) is 3. The van der Waals surface area contributed by atoms with Gasteiger partial charge in [0.2, 0.25) is 11.8 Å². The Morgan fingerprint density at radius 2 is 1.43 bits per heavy atom. The highest BCUT2D eigenvalue weighted by Gasteiger charge is 2.42. The summed E-state index contributed by atoms with van der Waals surface area (Å²) in [5.41, 5.74) is 12.3. The zero-order valence-electron chi connectivity index (χ0n) is 35.8. The number of benzene rings is 3. The Labute approximate surface area is 353 Å². The van der Waals surface area contributed by atoms with Crippen molar-refractivity contribution in [1.82, 2.24) is 35.1 Å². The first-order valence-electron chi connectivity index (χ1n) is 22.3. The number of carbonyl (C=O) groups excluding carboxylic acids is 3. The van der Waals surface area contributed by atoms with E-state index in [2.05, 4.69) is 83.7 Å². The average molecular weight is 810 g/mol. The van der Waals surface area contributed by atoms with Gasteiger partial charge in [-0.3, -0.25) is 9.59 Å². The molecule has 3 atom stereocenters. The fraction of sp³-hybridized carbons (Fsp3) is 0.490. The minimum absolute atomic E-state index is 0.00809. The highest BCUT2D eigenvalue weighted by atomic mass is 16.5. The third-order valence-corrected chi connectivity index (χ3v) is 13.8. The van der Waals surface area contributed by atoms with Crippen LogP contribution in [0, 0.1) is 17.3 Å². The van der Waals surface area contributed by atoms with E-state index in [9.17, 15) is 14.4 Å². The van der Waals surface area contributed by atoms with Crippen molar-refractivity contribution in [3.63, 3.8) is 0 Å². The van der Waals surface area contributed by atoms with Gasteiger partial charge in [-0.2, -0.15) is 0 Å². The smallest absolute Gasteiger partial charge is 0.407 e. The predicted molar refractivity (Wildman–Crippen MR) is 234 cm³/mol. The second kappa shape index (κ2) is 16.2. The third-order valence-electron chi connectivity index (χ3n) is 13.8. The maximum atomic E-state index is 13.7. The molecule has 2 saturated heterocycles. The average Bonchev–Trinajstić information content (AvgIpc) is 4.10. The molecule has 2 aliphatic carbocycles. The Balaban J connectivity index is 0.972. The number of amides is 3. The number of nitrogens with one attached hydrogen (secondary N) is 3. The highest BCUT2D eigenvalue weighted by molar-refractivity contribution is 5.87. The summed E-state index contributed by atoms with van der Waals surface area (Å²) in [4.78, 5) is 59.7. The van der Waals surface area contributed by atoms with Crippen LogP contribution in [-0.4, -0.2) is 73.9 Å². The summed E-state index contributed by atoms with van der Waals surface area (Å²) in [5, 5.41) is 2.73. The monoisotopic (exact) mass is 809 g/mol. The quantitative estimate of drug-likeness (QED) is 0.129. The maximum absolute atomic E-state index is 13.7. The Morgan fingerprint density at radius 3 is 2.10 bits per heavy atom. The summed E-state index contributed by atoms with van der Waals surface area (Å²) >= 11 is 0. The van der Waals surface area contributed by atoms with Crippen LogP contribution in [0.2, 0.25) is 0 Å². The van der Waals surface area contributed by atoms with Crippen molar-refractivity contribution in [3.05, 3.63) is 83.6 Å². The number of ether oxygens (including phenoxy) is 1. The summed E-state index contributed by atoms with van der Waals surface area (Å²) in [7, 11) is 1.31. The van der Waals surface area contributed by atoms with Gasteiger partial charge in [-0.15, -0.1) is 0 Å². The molecule has 3 amide bonds. The molecule has 2 aliphatic heterocycles. The molecular formula is C49H59N7O4. The minimum atomic E-state index is -0.672. The number of fused-ring (bicyclic) bond motifs is 2. The first kappa shape index (κ1) is 40.0. The van der Waals surface area contributed by atoms with Crippen LogP contribution >= 0.6 is 0 Å². The number of likely N-dealkylation sites (tertiary alicyclic amines) is 2. The number of methoxy groups -OCH3 is 1. The lowest BCUT2D eigenvalue weighted by molar-refractivity contribution is -0.135. The van der Waals surface area contributed by atoms with Gasteiger partial charge in [-0.1, -0.05) is 83.0 Å². The van der Waals surface area contributed by atoms with Crippen molar-refractivity contribution in [3.8, 4) is 33.5 Å². The van der Waals surface area contributed by atoms with Crippen LogP contribution in [0.15, 0.2) is 60.8 Å². The van der Waals surface area contributed by atoms with Gasteiger partial charge in [0.25, 0.3) is 0 Å². The lowest BCUT2D eigenvalue weighted by Gasteiger charge is -2.30. The molecule has 11 nitrogen and oxygen atoms in total. The summed E-state index contributed by atoms with van der Waals surface area (Å²) in [6.07, 6.45) is 12.8. The molecule has 314 valence electrons. The number of alkyl carbamates (subject to hydrolysis) is 1. The Kier molecular flexibility index (Phi) is 10.8. The van der Waals surface area contributed by atoms with E-state index in [1.54, 1.807) is 0 Å². The van der Waals surface area contributed by atoms with Crippen LogP contribution in [0.1, 0.15) is 120 Å². The highest BCUT2D eigenvalue weighted by Crippen LogP contribution is 2.53. The second-order valence-electron chi connectivity index (χ2n) is 18.7. The molecule has 3 N–H and O–H groups in total. The molecule has 4 heterocycles. The number of nitrogens with zero attached hydrogens (tertiary/aromatic N) is 4. The minimum Gasteiger partial charge on any atom is -0.453 e. The van der Waals surface area contributed by atoms with Crippen molar-refractivity contribution in [1.29, 1.82) is 0 Å². The summed E-state index contributed by atoms with van der Waals surface area (Å²) in [6, 6.07) is 19.3. The van der Waals surface area contributed by atoms with Crippen LogP contribution in [0.5, 0.6) is 0 Å². The lowest BCUT2D eigenvalue weighted by Crippen LogP contribution is -2.51. The molecule has 11 heteroatoms. The molecule has 0 radical (unpaired) electrons. The molecule has 3 aromatic carbocycles. The van der Waals surface area contributed by atoms with E-state index >= 15 is 0 Å². The van der Waals surface area contributed by atoms with Crippen LogP contribution in [-0.2, 0) is 27.2 Å². The molecule has 1 spiro atoms. The molecule has 3 fully saturated rings. The van der Waals surface area contributed by atoms with Gasteiger partial charge in [0.15, 0.2) is 0 Å². The van der Waals surface area contributed by atoms with Gasteiger partial charge in [-0.05, 0) is 120 Å². The Hall–Kier alpha value is -5.45. The van der Waals surface area contributed by atoms with Gasteiger partial charge in [-0.25, -0.2) is 14.8 Å². The Morgan fingerprint density at radius 1 is 0.800 bits per heavy atom. The predicted octanol–water partition coefficient (Wildman–Crippen LogP) is 9.70. The van der Waals surface area contributed by atoms with Gasteiger partial charge < -0.3 is 29.8 Å². The number of H-pyrrole nitrogens is 2. The van der Waals surface area contributed by atoms with Crippen LogP contribution in [0.4, 0.5) is 4.79 Å². The molecule has 0 bridgehead atoms. The molecule has 1 saturated carbocycles. The summed E-state index contributed by atoms with van der Waals surface area (Å²) < 4.78 is 4.80. The van der Waals surface area contributed by atoms with Crippen LogP contribution in [0.25, 0.3) is 44.5 Å². The zero-order chi connectivity index (χ0) is 41.7. The Bertz CT molecular complexity index is 2410. The molecular weight excluding hydrogens is 751 g/mol. The van der Waals surface area contributed by atoms with Gasteiger partial charge in [0.05, 0.1) is 42.1 Å². The summed E-state index contributed by atoms with van der Waals surface area (Å²) in [5.74, 6) is 2.02. The molecule has 3 unspecified atom stereocenters. The number of imidazole rings is 2. The van der Waals surface area contributed by atoms with Crippen molar-refractivity contribution in [2.24, 2.45) is 17.3 Å². The zero-order valence-corrected chi connectivity index (χ0v) is 35.8. The lowest BCUT2D eigenvalue weighted by atomic mass is 9.82. The number of hydrogen-bond acceptors (Lipinski definition) is 6. The number of rotatable bonds is 10. The molecule has 60 heavy (non-hydrogen) atoms. The SMILES string of the molecule is COC(=O)NC(C(=O)N1CCCC1c1ncc(-c2ccc(-c3ccc(-c4ccc5nc(C6CCCN6C(=O)CC(C)C)[nH]c5c4)c4c3CC3(CCCC3)C4)cc2)[nH]1)C(C)C. The van der Waals surface area contributed by atoms with E-state index in [-0.39, 0.29) is 29.8 Å². The van der Waals surface area contributed by atoms with Crippen LogP contribution in [0.3, 0.4) is 0 Å². The third kappa shape index (κ3) is 7.49.